The maximum Gasteiger partial charge on any atom is 0.306 e. The Morgan fingerprint density at radius 3 is 1.66 bits per heavy atom. The van der Waals surface area contributed by atoms with E-state index in [4.69, 9.17) is 14.2 Å². The number of rotatable bonds is 13. The lowest BCUT2D eigenvalue weighted by Gasteiger charge is -2.32. The highest BCUT2D eigenvalue weighted by Gasteiger charge is 2.28. The first-order valence-corrected chi connectivity index (χ1v) is 22.2. The molecule has 7 nitrogen and oxygen atoms in total. The number of unbranched alkanes of at least 4 members (excludes halogenated alkanes) is 4. The molecule has 0 amide bonds. The van der Waals surface area contributed by atoms with Gasteiger partial charge in [-0.05, 0) is 81.7 Å². The number of nitrogens with zero attached hydrogens (tertiary/aromatic N) is 2. The Bertz CT molecular complexity index is 1010. The Morgan fingerprint density at radius 1 is 0.679 bits per heavy atom. The van der Waals surface area contributed by atoms with Crippen LogP contribution < -0.4 is 0 Å². The van der Waals surface area contributed by atoms with Gasteiger partial charge in [-0.3, -0.25) is 9.59 Å². The van der Waals surface area contributed by atoms with Crippen molar-refractivity contribution in [1.82, 2.24) is 9.80 Å². The largest absolute Gasteiger partial charge is 0.466 e. The van der Waals surface area contributed by atoms with Crippen LogP contribution in [-0.4, -0.2) is 87.4 Å². The van der Waals surface area contributed by atoms with Crippen molar-refractivity contribution in [2.75, 3.05) is 59.6 Å². The lowest BCUT2D eigenvalue weighted by Crippen LogP contribution is -2.44. The van der Waals surface area contributed by atoms with Crippen LogP contribution in [0, 0.1) is 11.8 Å². The average molecular weight is 741 g/mol. The summed E-state index contributed by atoms with van der Waals surface area (Å²) in [4.78, 5) is 31.5. The summed E-state index contributed by atoms with van der Waals surface area (Å²) in [5.74, 6) is -0.395. The molecule has 0 aromatic heterocycles. The number of ether oxygens (including phenoxy) is 3. The van der Waals surface area contributed by atoms with E-state index in [9.17, 15) is 9.59 Å². The van der Waals surface area contributed by atoms with Crippen LogP contribution in [0.5, 0.6) is 0 Å². The molecule has 0 aromatic rings. The number of carbonyl (C=O) groups excluding carboxylic acids is 2. The summed E-state index contributed by atoms with van der Waals surface area (Å²) >= 11 is 0. The molecule has 0 bridgehead atoms. The lowest BCUT2D eigenvalue weighted by atomic mass is 9.79. The third-order valence-electron chi connectivity index (χ3n) is 11.2. The second kappa shape index (κ2) is 32.2. The first-order valence-electron chi connectivity index (χ1n) is 22.2. The van der Waals surface area contributed by atoms with Gasteiger partial charge in [-0.25, -0.2) is 0 Å². The van der Waals surface area contributed by atoms with E-state index in [1.165, 1.54) is 77.5 Å². The van der Waals surface area contributed by atoms with E-state index in [0.29, 0.717) is 32.2 Å². The van der Waals surface area contributed by atoms with Crippen molar-refractivity contribution in [2.45, 2.75) is 180 Å². The van der Waals surface area contributed by atoms with Gasteiger partial charge in [0, 0.05) is 39.3 Å². The first-order chi connectivity index (χ1) is 26.0. The molecule has 0 radical (unpaired) electrons. The van der Waals surface area contributed by atoms with Crippen LogP contribution >= 0.6 is 0 Å². The molecular formula is C46H80N2O5. The lowest BCUT2D eigenvalue weighted by molar-refractivity contribution is -0.145. The fraction of sp³-hybridized carbons (Fsp3) is 0.848. The minimum Gasteiger partial charge on any atom is -0.466 e. The Labute approximate surface area is 326 Å². The van der Waals surface area contributed by atoms with Crippen LogP contribution in [-0.2, 0) is 23.8 Å². The van der Waals surface area contributed by atoms with Gasteiger partial charge in [0.1, 0.15) is 0 Å². The number of allylic oxidation sites excluding steroid dienone is 1. The zero-order chi connectivity index (χ0) is 38.2. The SMILES string of the molecule is C=C=C=C=C1C(CCCCC)CC(=O)OCCCCCCCCC(OCCCN2CCN(C)CC2)CCCCCCCCOC(=O)CC1CCCCC. The zero-order valence-electron chi connectivity index (χ0n) is 34.7. The molecule has 2 aliphatic rings. The number of carbonyl (C=O) groups is 2. The Hall–Kier alpha value is -2.10. The summed E-state index contributed by atoms with van der Waals surface area (Å²) in [5, 5.41) is 0. The number of piperazine rings is 1. The van der Waals surface area contributed by atoms with Gasteiger partial charge in [0.25, 0.3) is 0 Å². The maximum absolute atomic E-state index is 13.2. The molecule has 0 aromatic carbocycles. The normalized spacial score (nSPS) is 24.0. The zero-order valence-corrected chi connectivity index (χ0v) is 34.7. The highest BCUT2D eigenvalue weighted by atomic mass is 16.5. The van der Waals surface area contributed by atoms with Crippen LogP contribution in [0.15, 0.2) is 29.3 Å². The second-order valence-electron chi connectivity index (χ2n) is 15.9. The maximum atomic E-state index is 13.2. The number of likely N-dealkylation sites (N-methyl/N-ethyl adjacent to an activating group) is 1. The molecule has 0 N–H and O–H groups in total. The molecule has 2 aliphatic heterocycles. The highest BCUT2D eigenvalue weighted by molar-refractivity contribution is 5.71. The molecule has 2 unspecified atom stereocenters. The van der Waals surface area contributed by atoms with Gasteiger partial charge in [-0.1, -0.05) is 128 Å². The molecule has 2 heterocycles. The number of hydrogen-bond acceptors (Lipinski definition) is 7. The van der Waals surface area contributed by atoms with E-state index >= 15 is 0 Å². The molecule has 2 rings (SSSR count). The van der Waals surface area contributed by atoms with Crippen LogP contribution in [0.25, 0.3) is 0 Å². The van der Waals surface area contributed by atoms with Crippen molar-refractivity contribution in [3.8, 4) is 0 Å². The number of hydrogen-bond donors (Lipinski definition) is 0. The quantitative estimate of drug-likeness (QED) is 0.106. The molecule has 2 atom stereocenters. The Morgan fingerprint density at radius 2 is 1.17 bits per heavy atom. The van der Waals surface area contributed by atoms with Crippen molar-refractivity contribution in [2.24, 2.45) is 11.8 Å². The first kappa shape index (κ1) is 47.1. The van der Waals surface area contributed by atoms with Crippen LogP contribution in [0.4, 0.5) is 0 Å². The van der Waals surface area contributed by atoms with Crippen molar-refractivity contribution in [1.29, 1.82) is 0 Å². The van der Waals surface area contributed by atoms with Gasteiger partial charge in [-0.15, -0.1) is 0 Å². The van der Waals surface area contributed by atoms with E-state index in [0.717, 1.165) is 115 Å². The molecule has 304 valence electrons. The van der Waals surface area contributed by atoms with Crippen molar-refractivity contribution >= 4 is 11.9 Å². The van der Waals surface area contributed by atoms with Gasteiger partial charge >= 0.3 is 11.9 Å². The third kappa shape index (κ3) is 24.1. The van der Waals surface area contributed by atoms with E-state index in [1.807, 2.05) is 0 Å². The van der Waals surface area contributed by atoms with Gasteiger partial charge < -0.3 is 24.0 Å². The predicted octanol–water partition coefficient (Wildman–Crippen LogP) is 10.8. The molecular weight excluding hydrogens is 661 g/mol. The van der Waals surface area contributed by atoms with Gasteiger partial charge in [0.15, 0.2) is 0 Å². The van der Waals surface area contributed by atoms with Crippen molar-refractivity contribution in [3.63, 3.8) is 0 Å². The fourth-order valence-electron chi connectivity index (χ4n) is 7.85. The Balaban J connectivity index is 2.00. The van der Waals surface area contributed by atoms with Crippen molar-refractivity contribution < 1.29 is 23.8 Å². The van der Waals surface area contributed by atoms with E-state index in [-0.39, 0.29) is 23.8 Å². The monoisotopic (exact) mass is 741 g/mol. The molecule has 0 spiro atoms. The average Bonchev–Trinajstić information content (AvgIpc) is 3.15. The fourth-order valence-corrected chi connectivity index (χ4v) is 7.85. The van der Waals surface area contributed by atoms with E-state index < -0.39 is 0 Å². The summed E-state index contributed by atoms with van der Waals surface area (Å²) < 4.78 is 18.1. The summed E-state index contributed by atoms with van der Waals surface area (Å²) in [5.41, 5.74) is 10.0. The standard InChI is InChI=1S/C46H80N2O5/c1-5-8-19-26-41-39-45(49)52-36-23-17-13-11-15-21-28-43(51-38-25-31-48-34-32-47(4)33-35-48)29-22-16-12-14-18-24-37-53-46(50)40-42(27-20-9-6-2)44(41)30-10-7-3/h41-43H,3,5-6,8-9,11-29,31-40H2,1-2,4H3. The summed E-state index contributed by atoms with van der Waals surface area (Å²) in [6, 6.07) is 0. The topological polar surface area (TPSA) is 68.3 Å². The third-order valence-corrected chi connectivity index (χ3v) is 11.2. The van der Waals surface area contributed by atoms with E-state index in [1.54, 1.807) is 0 Å². The summed E-state index contributed by atoms with van der Waals surface area (Å²) in [6.07, 6.45) is 26.3. The summed E-state index contributed by atoms with van der Waals surface area (Å²) in [6.45, 7) is 15.8. The summed E-state index contributed by atoms with van der Waals surface area (Å²) in [7, 11) is 2.21. The molecule has 2 fully saturated rings. The van der Waals surface area contributed by atoms with Gasteiger partial charge in [0.2, 0.25) is 0 Å². The minimum absolute atomic E-state index is 0.0438. The molecule has 7 heteroatoms. The number of cyclic esters (lactones) is 2. The van der Waals surface area contributed by atoms with Crippen LogP contribution in [0.1, 0.15) is 174 Å². The highest BCUT2D eigenvalue weighted by Crippen LogP contribution is 2.33. The molecule has 2 saturated heterocycles. The van der Waals surface area contributed by atoms with Crippen LogP contribution in [0.2, 0.25) is 0 Å². The number of esters is 2. The second-order valence-corrected chi connectivity index (χ2v) is 15.9. The van der Waals surface area contributed by atoms with Gasteiger partial charge in [-0.2, -0.15) is 0 Å². The van der Waals surface area contributed by atoms with Gasteiger partial charge in [0.05, 0.1) is 32.2 Å². The Kier molecular flexibility index (Phi) is 28.6. The van der Waals surface area contributed by atoms with Crippen molar-refractivity contribution in [3.05, 3.63) is 29.3 Å². The molecule has 0 aliphatic carbocycles. The van der Waals surface area contributed by atoms with Crippen LogP contribution in [0.3, 0.4) is 0 Å². The smallest absolute Gasteiger partial charge is 0.306 e. The minimum atomic E-state index is -0.153. The predicted molar refractivity (Wildman–Crippen MR) is 219 cm³/mol. The molecule has 53 heavy (non-hydrogen) atoms. The van der Waals surface area contributed by atoms with E-state index in [2.05, 4.69) is 54.5 Å². The molecule has 0 saturated carbocycles.